The van der Waals surface area contributed by atoms with E-state index in [2.05, 4.69) is 56.2 Å². The molecular formula is C40H44N12O10S2. The molecule has 0 saturated heterocycles. The van der Waals surface area contributed by atoms with Gasteiger partial charge in [-0.2, -0.15) is 38.3 Å². The summed E-state index contributed by atoms with van der Waals surface area (Å²) >= 11 is 0.631. The van der Waals surface area contributed by atoms with Crippen molar-refractivity contribution >= 4 is 92.8 Å². The summed E-state index contributed by atoms with van der Waals surface area (Å²) in [5.41, 5.74) is 2.54. The maximum Gasteiger partial charge on any atom is 0.295 e. The molecule has 0 bridgehead atoms. The summed E-state index contributed by atoms with van der Waals surface area (Å²) in [6, 6.07) is 27.3. The Morgan fingerprint density at radius 1 is 0.547 bits per heavy atom. The SMILES string of the molecule is O=S(=O)(O)c1cc(Nc2nc(Nc3ccccc3)nc(N(CCO)CCO)n2)ccc1C=Cc1ccc(Nc2nc(Nc3ccccc3)nc(N(CCO)CCO)n2)cc1SOOO. The second-order valence-corrected chi connectivity index (χ2v) is 15.3. The number of benzene rings is 4. The van der Waals surface area contributed by atoms with Gasteiger partial charge in [-0.15, -0.1) is 4.33 Å². The van der Waals surface area contributed by atoms with Gasteiger partial charge in [0.15, 0.2) is 0 Å². The molecule has 0 amide bonds. The molecule has 6 rings (SSSR count). The highest BCUT2D eigenvalue weighted by Crippen LogP contribution is 2.32. The van der Waals surface area contributed by atoms with E-state index in [-0.39, 0.29) is 99.5 Å². The van der Waals surface area contributed by atoms with E-state index in [1.54, 1.807) is 52.3 Å². The van der Waals surface area contributed by atoms with Gasteiger partial charge in [0.05, 0.1) is 38.5 Å². The van der Waals surface area contributed by atoms with Crippen molar-refractivity contribution in [2.75, 3.05) is 83.7 Å². The van der Waals surface area contributed by atoms with Crippen LogP contribution in [0.3, 0.4) is 0 Å². The standard InChI is InChI=1S/C40H44N12O10S2/c53-21-17-51(18-22-54)39-47-35(41-29-7-3-1-4-8-29)45-37(49-39)43-31-15-13-27(33(25-31)63-62-61-57)11-12-28-14-16-32(26-34(28)64(58,59)60)44-38-46-36(42-30-9-5-2-6-10-30)48-40(50-38)52(19-23-55)20-24-56/h1-16,25-26,53-57H,17-24H2,(H,58,59,60)(H2,41,43,45,47,49)(H2,42,44,46,48,50). The van der Waals surface area contributed by atoms with Crippen molar-refractivity contribution in [1.82, 2.24) is 29.9 Å². The van der Waals surface area contributed by atoms with Crippen molar-refractivity contribution < 1.29 is 48.0 Å². The molecule has 24 heteroatoms. The lowest BCUT2D eigenvalue weighted by Gasteiger charge is -2.21. The van der Waals surface area contributed by atoms with Crippen LogP contribution in [0.4, 0.5) is 58.4 Å². The average Bonchev–Trinajstić information content (AvgIpc) is 3.28. The molecular weight excluding hydrogens is 873 g/mol. The first-order chi connectivity index (χ1) is 31.1. The lowest BCUT2D eigenvalue weighted by atomic mass is 10.1. The van der Waals surface area contributed by atoms with Gasteiger partial charge in [-0.1, -0.05) is 65.7 Å². The molecule has 0 spiro atoms. The molecule has 0 fully saturated rings. The van der Waals surface area contributed by atoms with Crippen molar-refractivity contribution in [3.05, 3.63) is 108 Å². The highest BCUT2D eigenvalue weighted by Gasteiger charge is 2.19. The van der Waals surface area contributed by atoms with Crippen LogP contribution in [-0.4, -0.2) is 121 Å². The van der Waals surface area contributed by atoms with Crippen molar-refractivity contribution in [3.8, 4) is 0 Å². The topological polar surface area (TPSA) is 306 Å². The first-order valence-corrected chi connectivity index (χ1v) is 21.5. The fourth-order valence-electron chi connectivity index (χ4n) is 5.93. The van der Waals surface area contributed by atoms with Crippen molar-refractivity contribution in [2.45, 2.75) is 9.79 Å². The Hall–Kier alpha value is -6.58. The Morgan fingerprint density at radius 3 is 1.38 bits per heavy atom. The maximum absolute atomic E-state index is 12.8. The van der Waals surface area contributed by atoms with Crippen LogP contribution in [0.5, 0.6) is 0 Å². The average molecular weight is 917 g/mol. The van der Waals surface area contributed by atoms with E-state index in [0.717, 1.165) is 0 Å². The van der Waals surface area contributed by atoms with Crippen molar-refractivity contribution in [3.63, 3.8) is 0 Å². The number of hydrogen-bond acceptors (Lipinski definition) is 22. The molecule has 22 nitrogen and oxygen atoms in total. The molecule has 0 aliphatic carbocycles. The molecule has 4 aromatic carbocycles. The first kappa shape index (κ1) is 46.9. The zero-order valence-electron chi connectivity index (χ0n) is 33.8. The fraction of sp³-hybridized carbons (Fsp3) is 0.200. The Labute approximate surface area is 371 Å². The smallest absolute Gasteiger partial charge is 0.295 e. The third-order valence-electron chi connectivity index (χ3n) is 8.77. The van der Waals surface area contributed by atoms with E-state index >= 15 is 0 Å². The van der Waals surface area contributed by atoms with E-state index in [4.69, 9.17) is 9.59 Å². The van der Waals surface area contributed by atoms with Gasteiger partial charge in [-0.3, -0.25) is 4.55 Å². The highest BCUT2D eigenvalue weighted by molar-refractivity contribution is 7.94. The van der Waals surface area contributed by atoms with Crippen LogP contribution in [-0.2, 0) is 19.5 Å². The Kier molecular flexibility index (Phi) is 17.0. The van der Waals surface area contributed by atoms with Gasteiger partial charge >= 0.3 is 0 Å². The lowest BCUT2D eigenvalue weighted by molar-refractivity contribution is -0.432. The zero-order chi connectivity index (χ0) is 45.3. The Balaban J connectivity index is 1.29. The Bertz CT molecular complexity index is 2570. The predicted octanol–water partition coefficient (Wildman–Crippen LogP) is 4.46. The predicted molar refractivity (Wildman–Crippen MR) is 241 cm³/mol. The quantitative estimate of drug-likeness (QED) is 0.0132. The third-order valence-corrected chi connectivity index (χ3v) is 10.3. The molecule has 64 heavy (non-hydrogen) atoms. The molecule has 0 radical (unpaired) electrons. The molecule has 0 saturated carbocycles. The van der Waals surface area contributed by atoms with Gasteiger partial charge < -0.3 is 51.5 Å². The number of aliphatic hydroxyl groups is 4. The van der Waals surface area contributed by atoms with E-state index in [1.165, 1.54) is 18.2 Å². The molecule has 0 unspecified atom stereocenters. The van der Waals surface area contributed by atoms with Gasteiger partial charge in [0.1, 0.15) is 4.90 Å². The van der Waals surface area contributed by atoms with E-state index in [1.807, 2.05) is 48.5 Å². The van der Waals surface area contributed by atoms with E-state index < -0.39 is 15.0 Å². The van der Waals surface area contributed by atoms with Crippen LogP contribution in [0.15, 0.2) is 107 Å². The Morgan fingerprint density at radius 2 is 0.953 bits per heavy atom. The number of aromatic nitrogens is 6. The summed E-state index contributed by atoms with van der Waals surface area (Å²) < 4.78 is 40.6. The molecule has 2 heterocycles. The molecule has 2 aromatic heterocycles. The van der Waals surface area contributed by atoms with Gasteiger partial charge in [-0.05, 0) is 59.7 Å². The second-order valence-electron chi connectivity index (χ2n) is 13.2. The molecule has 0 atom stereocenters. The maximum atomic E-state index is 12.8. The van der Waals surface area contributed by atoms with E-state index in [9.17, 15) is 33.4 Å². The number of hydrogen-bond donors (Lipinski definition) is 10. The minimum Gasteiger partial charge on any atom is -0.395 e. The summed E-state index contributed by atoms with van der Waals surface area (Å²) in [4.78, 5) is 29.8. The van der Waals surface area contributed by atoms with Gasteiger partial charge in [-0.25, -0.2) is 5.26 Å². The largest absolute Gasteiger partial charge is 0.395 e. The molecule has 6 aromatic rings. The number of nitrogens with zero attached hydrogens (tertiary/aromatic N) is 8. The summed E-state index contributed by atoms with van der Waals surface area (Å²) in [5, 5.41) is 63.7. The minimum atomic E-state index is -4.81. The highest BCUT2D eigenvalue weighted by atomic mass is 32.2. The van der Waals surface area contributed by atoms with Crippen LogP contribution >= 0.6 is 12.0 Å². The van der Waals surface area contributed by atoms with Crippen LogP contribution in [0, 0.1) is 0 Å². The minimum absolute atomic E-state index is 0.0138. The van der Waals surface area contributed by atoms with Crippen LogP contribution < -0.4 is 31.1 Å². The summed E-state index contributed by atoms with van der Waals surface area (Å²) in [7, 11) is -4.81. The monoisotopic (exact) mass is 916 g/mol. The van der Waals surface area contributed by atoms with Crippen LogP contribution in [0.25, 0.3) is 12.2 Å². The normalized spacial score (nSPS) is 11.4. The zero-order valence-corrected chi connectivity index (χ0v) is 35.4. The first-order valence-electron chi connectivity index (χ1n) is 19.3. The number of para-hydroxylation sites is 2. The molecule has 0 aliphatic rings. The number of aliphatic hydroxyl groups excluding tert-OH is 4. The van der Waals surface area contributed by atoms with Gasteiger partial charge in [0, 0.05) is 53.8 Å². The third kappa shape index (κ3) is 13.5. The van der Waals surface area contributed by atoms with Gasteiger partial charge in [0.2, 0.25) is 35.7 Å². The van der Waals surface area contributed by atoms with Gasteiger partial charge in [0.25, 0.3) is 10.1 Å². The van der Waals surface area contributed by atoms with Crippen molar-refractivity contribution in [1.29, 1.82) is 0 Å². The number of anilines is 10. The van der Waals surface area contributed by atoms with Crippen LogP contribution in [0.1, 0.15) is 11.1 Å². The molecule has 336 valence electrons. The molecule has 0 aliphatic heterocycles. The number of rotatable bonds is 24. The fourth-order valence-corrected chi connectivity index (χ4v) is 7.15. The van der Waals surface area contributed by atoms with Crippen LogP contribution in [0.2, 0.25) is 0 Å². The summed E-state index contributed by atoms with van der Waals surface area (Å²) in [6.45, 7) is -0.464. The summed E-state index contributed by atoms with van der Waals surface area (Å²) in [6.07, 6.45) is 2.99. The lowest BCUT2D eigenvalue weighted by Crippen LogP contribution is -2.31. The second kappa shape index (κ2) is 23.2. The summed E-state index contributed by atoms with van der Waals surface area (Å²) in [5.74, 6) is 0.660. The van der Waals surface area contributed by atoms with Crippen molar-refractivity contribution in [2.24, 2.45) is 0 Å². The number of nitrogens with one attached hydrogen (secondary N) is 4. The van der Waals surface area contributed by atoms with E-state index in [0.29, 0.717) is 39.6 Å². The molecule has 10 N–H and O–H groups in total.